The molecule has 2 unspecified atom stereocenters. The summed E-state index contributed by atoms with van der Waals surface area (Å²) in [7, 11) is 0. The summed E-state index contributed by atoms with van der Waals surface area (Å²) < 4.78 is 0. The van der Waals surface area contributed by atoms with E-state index in [4.69, 9.17) is 5.11 Å². The predicted octanol–water partition coefficient (Wildman–Crippen LogP) is 4.59. The summed E-state index contributed by atoms with van der Waals surface area (Å²) in [5, 5.41) is 9.03. The molecule has 1 aliphatic rings. The Morgan fingerprint density at radius 1 is 1.10 bits per heavy atom. The van der Waals surface area contributed by atoms with Gasteiger partial charge in [0.15, 0.2) is 0 Å². The van der Waals surface area contributed by atoms with Crippen LogP contribution >= 0.6 is 0 Å². The van der Waals surface area contributed by atoms with Crippen molar-refractivity contribution in [3.8, 4) is 0 Å². The van der Waals surface area contributed by atoms with Crippen molar-refractivity contribution in [2.24, 2.45) is 11.8 Å². The van der Waals surface area contributed by atoms with Gasteiger partial charge in [0.05, 0.1) is 0 Å². The van der Waals surface area contributed by atoms with Gasteiger partial charge in [-0.15, -0.1) is 0 Å². The second-order valence-corrected chi connectivity index (χ2v) is 6.21. The van der Waals surface area contributed by atoms with E-state index in [2.05, 4.69) is 0 Å². The van der Waals surface area contributed by atoms with E-state index in [9.17, 15) is 9.59 Å². The van der Waals surface area contributed by atoms with Crippen LogP contribution in [0.4, 0.5) is 0 Å². The van der Waals surface area contributed by atoms with E-state index in [1.54, 1.807) is 0 Å². The van der Waals surface area contributed by atoms with Gasteiger partial charge in [-0.1, -0.05) is 58.3 Å². The summed E-state index contributed by atoms with van der Waals surface area (Å²) in [6, 6.07) is 0. The highest BCUT2D eigenvalue weighted by atomic mass is 16.4. The van der Waals surface area contributed by atoms with Crippen molar-refractivity contribution in [2.75, 3.05) is 0 Å². The number of carbonyl (C=O) groups excluding carboxylic acids is 1. The average molecular weight is 282 g/mol. The summed E-state index contributed by atoms with van der Waals surface area (Å²) in [6.07, 6.45) is 12.0. The van der Waals surface area contributed by atoms with Crippen molar-refractivity contribution < 1.29 is 14.7 Å². The Morgan fingerprint density at radius 3 is 2.20 bits per heavy atom. The first-order chi connectivity index (χ1) is 9.65. The highest BCUT2D eigenvalue weighted by Gasteiger charge is 2.27. The smallest absolute Gasteiger partial charge is 0.303 e. The number of carboxylic acid groups (broad SMARTS) is 1. The maximum atomic E-state index is 12.4. The van der Waals surface area contributed by atoms with E-state index >= 15 is 0 Å². The van der Waals surface area contributed by atoms with Crippen molar-refractivity contribution in [1.82, 2.24) is 0 Å². The van der Waals surface area contributed by atoms with Crippen LogP contribution in [0.2, 0.25) is 0 Å². The molecule has 3 heteroatoms. The van der Waals surface area contributed by atoms with Gasteiger partial charge in [0.25, 0.3) is 0 Å². The molecule has 0 aliphatic heterocycles. The highest BCUT2D eigenvalue weighted by Crippen LogP contribution is 2.28. The first kappa shape index (κ1) is 17.2. The zero-order valence-corrected chi connectivity index (χ0v) is 12.9. The monoisotopic (exact) mass is 282 g/mol. The zero-order chi connectivity index (χ0) is 14.8. The highest BCUT2D eigenvalue weighted by molar-refractivity contribution is 5.82. The summed E-state index contributed by atoms with van der Waals surface area (Å²) in [5.74, 6) is -0.437. The van der Waals surface area contributed by atoms with Crippen LogP contribution in [0.25, 0.3) is 0 Å². The molecule has 1 aliphatic carbocycles. The average Bonchev–Trinajstić information content (AvgIpc) is 2.40. The minimum absolute atomic E-state index is 0.0180. The van der Waals surface area contributed by atoms with E-state index in [0.29, 0.717) is 12.2 Å². The van der Waals surface area contributed by atoms with E-state index in [1.807, 2.05) is 6.92 Å². The Kier molecular flexibility index (Phi) is 8.56. The third-order valence-corrected chi connectivity index (χ3v) is 4.63. The second kappa shape index (κ2) is 9.95. The number of carboxylic acids is 1. The molecule has 1 N–H and O–H groups in total. The summed E-state index contributed by atoms with van der Waals surface area (Å²) in [5.41, 5.74) is 0. The number of hydrogen-bond acceptors (Lipinski definition) is 2. The van der Waals surface area contributed by atoms with Gasteiger partial charge in [0, 0.05) is 18.8 Å². The van der Waals surface area contributed by atoms with Gasteiger partial charge in [-0.25, -0.2) is 0 Å². The van der Waals surface area contributed by atoms with Crippen molar-refractivity contribution in [3.05, 3.63) is 0 Å². The second-order valence-electron chi connectivity index (χ2n) is 6.21. The molecule has 0 amide bonds. The van der Waals surface area contributed by atoms with Crippen LogP contribution in [0.3, 0.4) is 0 Å². The van der Waals surface area contributed by atoms with Gasteiger partial charge in [-0.05, 0) is 18.8 Å². The fourth-order valence-corrected chi connectivity index (χ4v) is 3.36. The fourth-order valence-electron chi connectivity index (χ4n) is 3.36. The van der Waals surface area contributed by atoms with E-state index in [1.165, 1.54) is 32.1 Å². The molecular formula is C17H30O3. The summed E-state index contributed by atoms with van der Waals surface area (Å²) in [4.78, 5) is 23.4. The topological polar surface area (TPSA) is 54.4 Å². The Bertz CT molecular complexity index is 299. The van der Waals surface area contributed by atoms with Crippen LogP contribution in [-0.2, 0) is 9.59 Å². The molecule has 0 aromatic carbocycles. The molecule has 0 bridgehead atoms. The van der Waals surface area contributed by atoms with Crippen molar-refractivity contribution in [2.45, 2.75) is 84.0 Å². The molecule has 1 rings (SSSR count). The third-order valence-electron chi connectivity index (χ3n) is 4.63. The number of aliphatic carboxylic acids is 1. The van der Waals surface area contributed by atoms with Gasteiger partial charge in [0.1, 0.15) is 5.78 Å². The SMILES string of the molecule is CCC(CC(=O)O)C1CCCCCCCCCCC1=O. The number of ketones is 1. The molecule has 1 saturated carbocycles. The van der Waals surface area contributed by atoms with E-state index < -0.39 is 5.97 Å². The Balaban J connectivity index is 2.63. The van der Waals surface area contributed by atoms with Crippen LogP contribution in [0, 0.1) is 11.8 Å². The Labute approximate surface area is 123 Å². The zero-order valence-electron chi connectivity index (χ0n) is 12.9. The molecule has 116 valence electrons. The first-order valence-corrected chi connectivity index (χ1v) is 8.39. The van der Waals surface area contributed by atoms with E-state index in [-0.39, 0.29) is 18.3 Å². The largest absolute Gasteiger partial charge is 0.481 e. The van der Waals surface area contributed by atoms with Gasteiger partial charge < -0.3 is 5.11 Å². The summed E-state index contributed by atoms with van der Waals surface area (Å²) >= 11 is 0. The van der Waals surface area contributed by atoms with E-state index in [0.717, 1.165) is 32.1 Å². The van der Waals surface area contributed by atoms with Crippen molar-refractivity contribution in [1.29, 1.82) is 0 Å². The van der Waals surface area contributed by atoms with Gasteiger partial charge in [-0.3, -0.25) is 9.59 Å². The minimum atomic E-state index is -0.768. The Morgan fingerprint density at radius 2 is 1.65 bits per heavy atom. The van der Waals surface area contributed by atoms with Crippen molar-refractivity contribution in [3.63, 3.8) is 0 Å². The quantitative estimate of drug-likeness (QED) is 0.820. The van der Waals surface area contributed by atoms with Crippen LogP contribution in [0.5, 0.6) is 0 Å². The molecule has 0 radical (unpaired) electrons. The van der Waals surface area contributed by atoms with Crippen LogP contribution in [0.15, 0.2) is 0 Å². The summed E-state index contributed by atoms with van der Waals surface area (Å²) in [6.45, 7) is 2.01. The normalized spacial score (nSPS) is 24.4. The maximum Gasteiger partial charge on any atom is 0.303 e. The predicted molar refractivity (Wildman–Crippen MR) is 80.7 cm³/mol. The standard InChI is InChI=1S/C17H30O3/c1-2-14(13-17(19)20)15-11-9-7-5-3-4-6-8-10-12-16(15)18/h14-15H,2-13H2,1H3,(H,19,20). The van der Waals surface area contributed by atoms with Crippen LogP contribution in [-0.4, -0.2) is 16.9 Å². The molecular weight excluding hydrogens is 252 g/mol. The molecule has 20 heavy (non-hydrogen) atoms. The minimum Gasteiger partial charge on any atom is -0.481 e. The lowest BCUT2D eigenvalue weighted by Crippen LogP contribution is -2.26. The third kappa shape index (κ3) is 6.53. The molecule has 0 saturated heterocycles. The lowest BCUT2D eigenvalue weighted by atomic mass is 9.79. The maximum absolute atomic E-state index is 12.4. The Hall–Kier alpha value is -0.860. The number of Topliss-reactive ketones (excluding diaryl/α,β-unsaturated/α-hetero) is 1. The lowest BCUT2D eigenvalue weighted by Gasteiger charge is -2.24. The molecule has 0 spiro atoms. The first-order valence-electron chi connectivity index (χ1n) is 8.39. The number of carbonyl (C=O) groups is 2. The molecule has 0 aromatic rings. The molecule has 0 aromatic heterocycles. The molecule has 3 nitrogen and oxygen atoms in total. The lowest BCUT2D eigenvalue weighted by molar-refractivity contribution is -0.139. The van der Waals surface area contributed by atoms with Gasteiger partial charge in [-0.2, -0.15) is 0 Å². The van der Waals surface area contributed by atoms with Gasteiger partial charge in [0.2, 0.25) is 0 Å². The van der Waals surface area contributed by atoms with Crippen LogP contribution < -0.4 is 0 Å². The van der Waals surface area contributed by atoms with Crippen LogP contribution in [0.1, 0.15) is 84.0 Å². The van der Waals surface area contributed by atoms with Crippen molar-refractivity contribution >= 4 is 11.8 Å². The fraction of sp³-hybridized carbons (Fsp3) is 0.882. The molecule has 0 heterocycles. The molecule has 2 atom stereocenters. The number of hydrogen-bond donors (Lipinski definition) is 1. The molecule has 1 fully saturated rings. The number of rotatable bonds is 4. The van der Waals surface area contributed by atoms with Gasteiger partial charge >= 0.3 is 5.97 Å².